The average Bonchev–Trinajstić information content (AvgIpc) is 3.49. The summed E-state index contributed by atoms with van der Waals surface area (Å²) in [7, 11) is 0. The number of rotatable bonds is 8. The van der Waals surface area contributed by atoms with Gasteiger partial charge in [-0.05, 0) is 61.9 Å². The Morgan fingerprint density at radius 2 is 1.88 bits per heavy atom. The summed E-state index contributed by atoms with van der Waals surface area (Å²) in [5.74, 6) is 0.736. The number of hydrogen-bond acceptors (Lipinski definition) is 4. The van der Waals surface area contributed by atoms with Gasteiger partial charge in [-0.25, -0.2) is 4.98 Å². The summed E-state index contributed by atoms with van der Waals surface area (Å²) in [6.45, 7) is 3.02. The zero-order chi connectivity index (χ0) is 22.5. The molecule has 1 saturated heterocycles. The van der Waals surface area contributed by atoms with Crippen molar-refractivity contribution in [2.24, 2.45) is 5.92 Å². The monoisotopic (exact) mass is 445 g/mol. The highest BCUT2D eigenvalue weighted by molar-refractivity contribution is 5.91. The van der Waals surface area contributed by atoms with Crippen LogP contribution in [-0.4, -0.2) is 41.0 Å². The van der Waals surface area contributed by atoms with Crippen LogP contribution in [0.1, 0.15) is 50.6 Å². The molecular formula is C27H35N5O. The van der Waals surface area contributed by atoms with Crippen molar-refractivity contribution in [1.29, 1.82) is 0 Å². The molecule has 33 heavy (non-hydrogen) atoms. The van der Waals surface area contributed by atoms with Gasteiger partial charge < -0.3 is 19.9 Å². The minimum Gasteiger partial charge on any atom is -0.371 e. The highest BCUT2D eigenvalue weighted by Gasteiger charge is 2.21. The van der Waals surface area contributed by atoms with Gasteiger partial charge in [0.2, 0.25) is 5.91 Å². The van der Waals surface area contributed by atoms with E-state index in [2.05, 4.69) is 49.3 Å². The molecule has 2 fully saturated rings. The van der Waals surface area contributed by atoms with E-state index in [1.807, 2.05) is 30.5 Å². The van der Waals surface area contributed by atoms with Crippen LogP contribution in [-0.2, 0) is 11.2 Å². The number of amides is 1. The largest absolute Gasteiger partial charge is 0.371 e. The second kappa shape index (κ2) is 10.4. The predicted octanol–water partition coefficient (Wildman–Crippen LogP) is 4.65. The molecule has 1 amide bonds. The molecule has 2 aromatic heterocycles. The number of anilines is 2. The van der Waals surface area contributed by atoms with Crippen molar-refractivity contribution in [3.05, 3.63) is 60.6 Å². The Kier molecular flexibility index (Phi) is 6.91. The first-order valence-electron chi connectivity index (χ1n) is 12.5. The van der Waals surface area contributed by atoms with Gasteiger partial charge in [0.15, 0.2) is 0 Å². The smallest absolute Gasteiger partial charge is 0.224 e. The molecule has 6 nitrogen and oxygen atoms in total. The summed E-state index contributed by atoms with van der Waals surface area (Å²) < 4.78 is 2.08. The van der Waals surface area contributed by atoms with Gasteiger partial charge >= 0.3 is 0 Å². The number of carbonyl (C=O) groups is 1. The molecule has 0 spiro atoms. The van der Waals surface area contributed by atoms with E-state index < -0.39 is 0 Å². The third-order valence-corrected chi connectivity index (χ3v) is 7.17. The van der Waals surface area contributed by atoms with Crippen LogP contribution >= 0.6 is 0 Å². The number of hydrogen-bond donors (Lipinski definition) is 2. The lowest BCUT2D eigenvalue weighted by molar-refractivity contribution is -0.117. The number of imidazole rings is 1. The summed E-state index contributed by atoms with van der Waals surface area (Å²) in [6.07, 6.45) is 13.0. The Bertz CT molecular complexity index is 1030. The van der Waals surface area contributed by atoms with E-state index in [9.17, 15) is 4.79 Å². The second-order valence-electron chi connectivity index (χ2n) is 9.62. The zero-order valence-corrected chi connectivity index (χ0v) is 19.4. The van der Waals surface area contributed by atoms with Crippen molar-refractivity contribution >= 4 is 22.9 Å². The summed E-state index contributed by atoms with van der Waals surface area (Å²) in [5, 5.41) is 6.85. The fourth-order valence-corrected chi connectivity index (χ4v) is 5.32. The fourth-order valence-electron chi connectivity index (χ4n) is 5.32. The van der Waals surface area contributed by atoms with Crippen LogP contribution < -0.4 is 15.5 Å². The molecule has 1 aliphatic carbocycles. The van der Waals surface area contributed by atoms with E-state index in [1.165, 1.54) is 31.4 Å². The van der Waals surface area contributed by atoms with E-state index in [0.717, 1.165) is 55.9 Å². The van der Waals surface area contributed by atoms with Gasteiger partial charge in [0, 0.05) is 62.3 Å². The maximum atomic E-state index is 12.4. The van der Waals surface area contributed by atoms with Gasteiger partial charge in [-0.1, -0.05) is 25.0 Å². The van der Waals surface area contributed by atoms with Crippen molar-refractivity contribution in [2.45, 2.75) is 57.4 Å². The van der Waals surface area contributed by atoms with Gasteiger partial charge in [0.05, 0.1) is 5.69 Å². The van der Waals surface area contributed by atoms with Crippen LogP contribution in [0.2, 0.25) is 0 Å². The SMILES string of the molecule is O=C(CC1CCCC1)Nc1cccc(N2CCC(NCCc3cn4ccccc4n3)CC2)c1. The Morgan fingerprint density at radius 1 is 1.03 bits per heavy atom. The van der Waals surface area contributed by atoms with E-state index >= 15 is 0 Å². The van der Waals surface area contributed by atoms with Crippen LogP contribution in [0.15, 0.2) is 54.9 Å². The average molecular weight is 446 g/mol. The highest BCUT2D eigenvalue weighted by Crippen LogP contribution is 2.28. The molecule has 0 bridgehead atoms. The Balaban J connectivity index is 1.06. The lowest BCUT2D eigenvalue weighted by Gasteiger charge is -2.34. The van der Waals surface area contributed by atoms with Gasteiger partial charge in [-0.3, -0.25) is 4.79 Å². The third-order valence-electron chi connectivity index (χ3n) is 7.17. The second-order valence-corrected chi connectivity index (χ2v) is 9.62. The lowest BCUT2D eigenvalue weighted by atomic mass is 10.0. The molecule has 2 aliphatic rings. The van der Waals surface area contributed by atoms with E-state index in [0.29, 0.717) is 18.4 Å². The Labute approximate surface area is 196 Å². The zero-order valence-electron chi connectivity index (χ0n) is 19.4. The van der Waals surface area contributed by atoms with Crippen LogP contribution in [0, 0.1) is 5.92 Å². The maximum Gasteiger partial charge on any atom is 0.224 e. The van der Waals surface area contributed by atoms with Gasteiger partial charge in [0.1, 0.15) is 5.65 Å². The minimum absolute atomic E-state index is 0.160. The van der Waals surface area contributed by atoms with Crippen LogP contribution in [0.3, 0.4) is 0 Å². The van der Waals surface area contributed by atoms with Crippen molar-refractivity contribution in [3.63, 3.8) is 0 Å². The van der Waals surface area contributed by atoms with Gasteiger partial charge in [-0.2, -0.15) is 0 Å². The molecule has 1 saturated carbocycles. The first-order chi connectivity index (χ1) is 16.2. The van der Waals surface area contributed by atoms with Crippen molar-refractivity contribution in [2.75, 3.05) is 29.9 Å². The molecule has 0 unspecified atom stereocenters. The van der Waals surface area contributed by atoms with Crippen molar-refractivity contribution < 1.29 is 4.79 Å². The molecule has 0 atom stereocenters. The maximum absolute atomic E-state index is 12.4. The minimum atomic E-state index is 0.160. The Hall–Kier alpha value is -2.86. The van der Waals surface area contributed by atoms with Gasteiger partial charge in [0.25, 0.3) is 0 Å². The molecule has 1 aliphatic heterocycles. The summed E-state index contributed by atoms with van der Waals surface area (Å²) in [5.41, 5.74) is 4.27. The molecule has 3 aromatic rings. The first-order valence-corrected chi connectivity index (χ1v) is 12.5. The number of pyridine rings is 1. The molecule has 1 aromatic carbocycles. The number of carbonyl (C=O) groups excluding carboxylic acids is 1. The highest BCUT2D eigenvalue weighted by atomic mass is 16.1. The summed E-state index contributed by atoms with van der Waals surface area (Å²) >= 11 is 0. The van der Waals surface area contributed by atoms with E-state index in [1.54, 1.807) is 0 Å². The molecule has 5 rings (SSSR count). The number of fused-ring (bicyclic) bond motifs is 1. The quantitative estimate of drug-likeness (QED) is 0.530. The molecular weight excluding hydrogens is 410 g/mol. The van der Waals surface area contributed by atoms with Crippen LogP contribution in [0.25, 0.3) is 5.65 Å². The molecule has 6 heteroatoms. The molecule has 0 radical (unpaired) electrons. The van der Waals surface area contributed by atoms with Crippen LogP contribution in [0.5, 0.6) is 0 Å². The topological polar surface area (TPSA) is 61.7 Å². The molecule has 3 heterocycles. The predicted molar refractivity (Wildman–Crippen MR) is 134 cm³/mol. The normalized spacial score (nSPS) is 17.6. The van der Waals surface area contributed by atoms with Crippen LogP contribution in [0.4, 0.5) is 11.4 Å². The number of nitrogens with zero attached hydrogens (tertiary/aromatic N) is 3. The standard InChI is InChI=1S/C27H35N5O/c33-27(18-21-6-1-2-7-21)30-23-8-5-9-25(19-23)31-16-12-22(13-17-31)28-14-11-24-20-32-15-4-3-10-26(32)29-24/h3-5,8-10,15,19-22,28H,1-2,6-7,11-14,16-18H2,(H,30,33). The van der Waals surface area contributed by atoms with Crippen molar-refractivity contribution in [3.8, 4) is 0 Å². The first kappa shape index (κ1) is 22.0. The number of aromatic nitrogens is 2. The number of piperidine rings is 1. The number of nitrogens with one attached hydrogen (secondary N) is 2. The van der Waals surface area contributed by atoms with Gasteiger partial charge in [-0.15, -0.1) is 0 Å². The third kappa shape index (κ3) is 5.74. The fraction of sp³-hybridized carbons (Fsp3) is 0.481. The van der Waals surface area contributed by atoms with E-state index in [-0.39, 0.29) is 5.91 Å². The van der Waals surface area contributed by atoms with Crippen molar-refractivity contribution in [1.82, 2.24) is 14.7 Å². The summed E-state index contributed by atoms with van der Waals surface area (Å²) in [6, 6.07) is 15.0. The molecule has 2 N–H and O–H groups in total. The molecule has 174 valence electrons. The lowest BCUT2D eigenvalue weighted by Crippen LogP contribution is -2.43. The Morgan fingerprint density at radius 3 is 2.70 bits per heavy atom. The number of benzene rings is 1. The summed E-state index contributed by atoms with van der Waals surface area (Å²) in [4.78, 5) is 19.5. The van der Waals surface area contributed by atoms with E-state index in [4.69, 9.17) is 0 Å².